The van der Waals surface area contributed by atoms with Crippen LogP contribution in [0.4, 0.5) is 0 Å². The Morgan fingerprint density at radius 2 is 2.24 bits per heavy atom. The molecule has 1 saturated heterocycles. The number of rotatable bonds is 7. The molecular weight excluding hydrogens is 308 g/mol. The average molecular weight is 329 g/mol. The Morgan fingerprint density at radius 3 is 2.90 bits per heavy atom. The molecule has 1 N–H and O–H groups in total. The summed E-state index contributed by atoms with van der Waals surface area (Å²) in [7, 11) is 2.01. The number of ether oxygens (including phenoxy) is 1. The van der Waals surface area contributed by atoms with Gasteiger partial charge in [-0.05, 0) is 43.5 Å². The van der Waals surface area contributed by atoms with Gasteiger partial charge in [-0.15, -0.1) is 0 Å². The lowest BCUT2D eigenvalue weighted by atomic mass is 10.2. The summed E-state index contributed by atoms with van der Waals surface area (Å²) in [6.45, 7) is 1.41. The van der Waals surface area contributed by atoms with Gasteiger partial charge >= 0.3 is 0 Å². The first-order chi connectivity index (χ1) is 10.1. The molecule has 2 rings (SSSR count). The summed E-state index contributed by atoms with van der Waals surface area (Å²) in [5.74, 6) is 3.14. The molecule has 1 aromatic carbocycles. The first kappa shape index (κ1) is 16.5. The molecule has 116 valence electrons. The molecule has 6 heteroatoms. The zero-order valence-electron chi connectivity index (χ0n) is 12.2. The lowest BCUT2D eigenvalue weighted by Crippen LogP contribution is -2.41. The molecule has 1 fully saturated rings. The van der Waals surface area contributed by atoms with Crippen molar-refractivity contribution in [3.63, 3.8) is 0 Å². The van der Waals surface area contributed by atoms with Crippen LogP contribution in [0.2, 0.25) is 5.02 Å². The van der Waals surface area contributed by atoms with E-state index in [-0.39, 0.29) is 5.91 Å². The first-order valence-electron chi connectivity index (χ1n) is 7.08. The quantitative estimate of drug-likeness (QED) is 0.780. The number of carbonyl (C=O) groups is 1. The number of hydrogen-bond acceptors (Lipinski definition) is 4. The Kier molecular flexibility index (Phi) is 6.67. The number of nitrogens with zero attached hydrogens (tertiary/aromatic N) is 1. The van der Waals surface area contributed by atoms with Gasteiger partial charge in [-0.25, -0.2) is 0 Å². The second kappa shape index (κ2) is 8.51. The van der Waals surface area contributed by atoms with Gasteiger partial charge in [-0.2, -0.15) is 11.8 Å². The van der Waals surface area contributed by atoms with Crippen molar-refractivity contribution in [3.8, 4) is 5.75 Å². The number of nitrogens with one attached hydrogen (secondary N) is 1. The van der Waals surface area contributed by atoms with E-state index in [0.29, 0.717) is 30.8 Å². The maximum Gasteiger partial charge on any atom is 0.234 e. The highest BCUT2D eigenvalue weighted by atomic mass is 35.5. The van der Waals surface area contributed by atoms with E-state index in [4.69, 9.17) is 16.3 Å². The zero-order valence-corrected chi connectivity index (χ0v) is 13.8. The van der Waals surface area contributed by atoms with Crippen molar-refractivity contribution in [1.82, 2.24) is 10.2 Å². The largest absolute Gasteiger partial charge is 0.492 e. The number of amides is 1. The van der Waals surface area contributed by atoms with Gasteiger partial charge in [0, 0.05) is 16.8 Å². The predicted molar refractivity (Wildman–Crippen MR) is 88.3 cm³/mol. The molecule has 1 aliphatic rings. The summed E-state index contributed by atoms with van der Waals surface area (Å²) in [5, 5.41) is 3.56. The third kappa shape index (κ3) is 5.77. The second-order valence-corrected chi connectivity index (χ2v) is 6.67. The van der Waals surface area contributed by atoms with Gasteiger partial charge < -0.3 is 10.1 Å². The zero-order chi connectivity index (χ0) is 15.1. The van der Waals surface area contributed by atoms with Crippen LogP contribution in [0.3, 0.4) is 0 Å². The molecule has 0 radical (unpaired) electrons. The molecule has 1 aromatic rings. The molecule has 1 amide bonds. The molecule has 0 spiro atoms. The highest BCUT2D eigenvalue weighted by Gasteiger charge is 2.21. The van der Waals surface area contributed by atoms with E-state index in [0.717, 1.165) is 11.5 Å². The summed E-state index contributed by atoms with van der Waals surface area (Å²) < 4.78 is 5.53. The van der Waals surface area contributed by atoms with Crippen LogP contribution in [0.15, 0.2) is 24.3 Å². The van der Waals surface area contributed by atoms with Gasteiger partial charge in [0.25, 0.3) is 0 Å². The van der Waals surface area contributed by atoms with Crippen molar-refractivity contribution in [3.05, 3.63) is 29.3 Å². The monoisotopic (exact) mass is 328 g/mol. The van der Waals surface area contributed by atoms with Crippen LogP contribution in [0.5, 0.6) is 5.75 Å². The summed E-state index contributed by atoms with van der Waals surface area (Å²) >= 11 is 7.75. The van der Waals surface area contributed by atoms with Crippen LogP contribution >= 0.6 is 23.4 Å². The fraction of sp³-hybridized carbons (Fsp3) is 0.533. The highest BCUT2D eigenvalue weighted by molar-refractivity contribution is 7.99. The van der Waals surface area contributed by atoms with E-state index in [2.05, 4.69) is 10.2 Å². The van der Waals surface area contributed by atoms with E-state index in [1.807, 2.05) is 30.9 Å². The van der Waals surface area contributed by atoms with E-state index in [1.54, 1.807) is 12.1 Å². The van der Waals surface area contributed by atoms with Gasteiger partial charge in [0.2, 0.25) is 5.91 Å². The number of benzene rings is 1. The SMILES string of the molecule is CN(CC(=O)NCCOc1ccc(Cl)cc1)[C@@H]1CCSC1. The molecule has 21 heavy (non-hydrogen) atoms. The Bertz CT molecular complexity index is 449. The minimum absolute atomic E-state index is 0.0501. The van der Waals surface area contributed by atoms with Crippen molar-refractivity contribution in [1.29, 1.82) is 0 Å². The fourth-order valence-corrected chi connectivity index (χ4v) is 3.60. The molecule has 0 saturated carbocycles. The van der Waals surface area contributed by atoms with E-state index >= 15 is 0 Å². The average Bonchev–Trinajstić information content (AvgIpc) is 3.00. The maximum absolute atomic E-state index is 11.8. The molecule has 1 aliphatic heterocycles. The number of carbonyl (C=O) groups excluding carboxylic acids is 1. The third-order valence-corrected chi connectivity index (χ3v) is 4.83. The Hall–Kier alpha value is -0.910. The molecule has 1 heterocycles. The Morgan fingerprint density at radius 1 is 1.48 bits per heavy atom. The standard InChI is InChI=1S/C15H21ClN2O2S/c1-18(13-6-9-21-11-13)10-15(19)17-7-8-20-14-4-2-12(16)3-5-14/h2-5,13H,6-11H2,1H3,(H,17,19)/t13-/m1/s1. The van der Waals surface area contributed by atoms with E-state index in [1.165, 1.54) is 12.2 Å². The maximum atomic E-state index is 11.8. The summed E-state index contributed by atoms with van der Waals surface area (Å²) in [6.07, 6.45) is 1.17. The van der Waals surface area contributed by atoms with Crippen LogP contribution in [-0.4, -0.2) is 55.1 Å². The second-order valence-electron chi connectivity index (χ2n) is 5.08. The number of thioether (sulfide) groups is 1. The summed E-state index contributed by atoms with van der Waals surface area (Å²) in [5.41, 5.74) is 0. The minimum atomic E-state index is 0.0501. The van der Waals surface area contributed by atoms with Gasteiger partial charge in [0.05, 0.1) is 13.1 Å². The van der Waals surface area contributed by atoms with Crippen molar-refractivity contribution >= 4 is 29.3 Å². The number of hydrogen-bond donors (Lipinski definition) is 1. The van der Waals surface area contributed by atoms with Gasteiger partial charge in [0.15, 0.2) is 0 Å². The molecule has 1 atom stereocenters. The summed E-state index contributed by atoms with van der Waals surface area (Å²) in [6, 6.07) is 7.73. The molecule has 4 nitrogen and oxygen atoms in total. The normalized spacial score (nSPS) is 18.0. The predicted octanol–water partition coefficient (Wildman–Crippen LogP) is 2.27. The molecule has 0 aromatic heterocycles. The van der Waals surface area contributed by atoms with Gasteiger partial charge in [-0.1, -0.05) is 11.6 Å². The van der Waals surface area contributed by atoms with E-state index < -0.39 is 0 Å². The van der Waals surface area contributed by atoms with Crippen molar-refractivity contribution in [2.45, 2.75) is 12.5 Å². The number of likely N-dealkylation sites (N-methyl/N-ethyl adjacent to an activating group) is 1. The topological polar surface area (TPSA) is 41.6 Å². The van der Waals surface area contributed by atoms with Gasteiger partial charge in [-0.3, -0.25) is 9.69 Å². The van der Waals surface area contributed by atoms with E-state index in [9.17, 15) is 4.79 Å². The van der Waals surface area contributed by atoms with Gasteiger partial charge in [0.1, 0.15) is 12.4 Å². The van der Waals surface area contributed by atoms with Crippen molar-refractivity contribution in [2.24, 2.45) is 0 Å². The third-order valence-electron chi connectivity index (χ3n) is 3.43. The fourth-order valence-electron chi connectivity index (χ4n) is 2.17. The molecule has 0 unspecified atom stereocenters. The van der Waals surface area contributed by atoms with Crippen LogP contribution in [0.1, 0.15) is 6.42 Å². The Labute approximate surface area is 135 Å². The lowest BCUT2D eigenvalue weighted by molar-refractivity contribution is -0.122. The highest BCUT2D eigenvalue weighted by Crippen LogP contribution is 2.20. The van der Waals surface area contributed by atoms with Crippen LogP contribution in [-0.2, 0) is 4.79 Å². The molecular formula is C15H21ClN2O2S. The minimum Gasteiger partial charge on any atom is -0.492 e. The molecule has 0 aliphatic carbocycles. The van der Waals surface area contributed by atoms with Crippen molar-refractivity contribution in [2.75, 3.05) is 38.2 Å². The van der Waals surface area contributed by atoms with Crippen molar-refractivity contribution < 1.29 is 9.53 Å². The summed E-state index contributed by atoms with van der Waals surface area (Å²) in [4.78, 5) is 14.0. The number of halogens is 1. The molecule has 0 bridgehead atoms. The first-order valence-corrected chi connectivity index (χ1v) is 8.61. The van der Waals surface area contributed by atoms with Crippen LogP contribution < -0.4 is 10.1 Å². The Balaban J connectivity index is 1.59. The smallest absolute Gasteiger partial charge is 0.234 e. The van der Waals surface area contributed by atoms with Crippen LogP contribution in [0, 0.1) is 0 Å². The van der Waals surface area contributed by atoms with Crippen LogP contribution in [0.25, 0.3) is 0 Å². The lowest BCUT2D eigenvalue weighted by Gasteiger charge is -2.22.